The van der Waals surface area contributed by atoms with Gasteiger partial charge in [0.25, 0.3) is 0 Å². The molecule has 0 saturated carbocycles. The molecule has 0 saturated heterocycles. The Morgan fingerprint density at radius 3 is 2.38 bits per heavy atom. The molecule has 4 rings (SSSR count). The summed E-state index contributed by atoms with van der Waals surface area (Å²) in [4.78, 5) is 34.7. The molecule has 6 nitrogen and oxygen atoms in total. The fourth-order valence-electron chi connectivity index (χ4n) is 3.51. The molecule has 0 aliphatic carbocycles. The van der Waals surface area contributed by atoms with Crippen molar-refractivity contribution in [3.8, 4) is 5.95 Å². The number of hydrogen-bond donors (Lipinski definition) is 0. The molecule has 0 unspecified atom stereocenters. The van der Waals surface area contributed by atoms with Crippen molar-refractivity contribution in [1.82, 2.24) is 14.5 Å². The summed E-state index contributed by atoms with van der Waals surface area (Å²) in [6, 6.07) is 16.1. The minimum atomic E-state index is -0.436. The lowest BCUT2D eigenvalue weighted by Gasteiger charge is -2.09. The van der Waals surface area contributed by atoms with Gasteiger partial charge in [-0.1, -0.05) is 42.5 Å². The molecule has 0 spiro atoms. The average molecular weight is 385 g/mol. The second-order valence-electron chi connectivity index (χ2n) is 6.46. The quantitative estimate of drug-likeness (QED) is 0.381. The number of hydrogen-bond acceptors (Lipinski definition) is 5. The van der Waals surface area contributed by atoms with Crippen LogP contribution in [0.2, 0.25) is 0 Å². The second-order valence-corrected chi connectivity index (χ2v) is 6.46. The topological polar surface area (TPSA) is 74.1 Å². The van der Waals surface area contributed by atoms with Crippen LogP contribution < -0.4 is 0 Å². The first-order valence-electron chi connectivity index (χ1n) is 9.31. The molecule has 2 aromatic carbocycles. The van der Waals surface area contributed by atoms with Crippen molar-refractivity contribution in [3.05, 3.63) is 89.4 Å². The molecule has 0 radical (unpaired) electrons. The third-order valence-corrected chi connectivity index (χ3v) is 4.74. The zero-order valence-corrected chi connectivity index (χ0v) is 16.1. The Bertz CT molecular complexity index is 1200. The van der Waals surface area contributed by atoms with E-state index in [1.54, 1.807) is 61.1 Å². The zero-order chi connectivity index (χ0) is 20.4. The van der Waals surface area contributed by atoms with E-state index in [1.165, 1.54) is 0 Å². The molecule has 0 bridgehead atoms. The van der Waals surface area contributed by atoms with Crippen LogP contribution in [0, 0.1) is 6.92 Å². The summed E-state index contributed by atoms with van der Waals surface area (Å²) in [6.07, 6.45) is 3.25. The normalized spacial score (nSPS) is 10.8. The molecule has 0 aliphatic heterocycles. The van der Waals surface area contributed by atoms with Crippen LogP contribution in [-0.4, -0.2) is 32.9 Å². The van der Waals surface area contributed by atoms with E-state index in [-0.39, 0.29) is 12.4 Å². The molecule has 2 heterocycles. The lowest BCUT2D eigenvalue weighted by atomic mass is 10.00. The minimum absolute atomic E-state index is 0.138. The lowest BCUT2D eigenvalue weighted by Crippen LogP contribution is -2.09. The summed E-state index contributed by atoms with van der Waals surface area (Å²) in [5.41, 5.74) is 2.67. The van der Waals surface area contributed by atoms with Gasteiger partial charge < -0.3 is 4.74 Å². The van der Waals surface area contributed by atoms with Crippen LogP contribution in [0.15, 0.2) is 67.0 Å². The standard InChI is InChI=1S/C23H19N3O3/c1-3-29-22(28)19-15(2)26(23-24-13-8-14-25-23)20-17(19)11-7-12-18(20)21(27)16-9-5-4-6-10-16/h4-14H,3H2,1-2H3. The van der Waals surface area contributed by atoms with E-state index >= 15 is 0 Å². The molecule has 0 amide bonds. The van der Waals surface area contributed by atoms with Crippen LogP contribution in [0.1, 0.15) is 38.9 Å². The highest BCUT2D eigenvalue weighted by Gasteiger charge is 2.26. The highest BCUT2D eigenvalue weighted by molar-refractivity contribution is 6.19. The SMILES string of the molecule is CCOC(=O)c1c(C)n(-c2ncccn2)c2c(C(=O)c3ccccc3)cccc12. The van der Waals surface area contributed by atoms with E-state index in [2.05, 4.69) is 9.97 Å². The Balaban J connectivity index is 2.06. The number of rotatable bonds is 5. The first kappa shape index (κ1) is 18.6. The first-order chi connectivity index (χ1) is 14.1. The summed E-state index contributed by atoms with van der Waals surface area (Å²) in [7, 11) is 0. The third-order valence-electron chi connectivity index (χ3n) is 4.74. The van der Waals surface area contributed by atoms with Crippen LogP contribution in [-0.2, 0) is 4.74 Å². The van der Waals surface area contributed by atoms with Gasteiger partial charge in [0.05, 0.1) is 17.7 Å². The average Bonchev–Trinajstić information content (AvgIpc) is 3.06. The van der Waals surface area contributed by atoms with Gasteiger partial charge in [-0.2, -0.15) is 0 Å². The smallest absolute Gasteiger partial charge is 0.340 e. The Labute approximate surface area is 167 Å². The number of para-hydroxylation sites is 1. The molecule has 0 aliphatic rings. The van der Waals surface area contributed by atoms with Crippen molar-refractivity contribution in [1.29, 1.82) is 0 Å². The largest absolute Gasteiger partial charge is 0.462 e. The molecule has 2 aromatic heterocycles. The van der Waals surface area contributed by atoms with Gasteiger partial charge in [0, 0.05) is 34.6 Å². The Morgan fingerprint density at radius 1 is 0.966 bits per heavy atom. The molecule has 6 heteroatoms. The summed E-state index contributed by atoms with van der Waals surface area (Å²) < 4.78 is 7.02. The van der Waals surface area contributed by atoms with Crippen LogP contribution in [0.25, 0.3) is 16.9 Å². The number of carbonyl (C=O) groups is 2. The molecule has 0 fully saturated rings. The number of nitrogens with zero attached hydrogens (tertiary/aromatic N) is 3. The first-order valence-corrected chi connectivity index (χ1v) is 9.31. The Kier molecular flexibility index (Phi) is 4.91. The maximum atomic E-state index is 13.3. The maximum absolute atomic E-state index is 13.3. The maximum Gasteiger partial charge on any atom is 0.340 e. The molecular weight excluding hydrogens is 366 g/mol. The van der Waals surface area contributed by atoms with E-state index in [9.17, 15) is 9.59 Å². The number of fused-ring (bicyclic) bond motifs is 1. The monoisotopic (exact) mass is 385 g/mol. The van der Waals surface area contributed by atoms with Crippen molar-refractivity contribution in [2.24, 2.45) is 0 Å². The van der Waals surface area contributed by atoms with E-state index in [0.29, 0.717) is 39.2 Å². The van der Waals surface area contributed by atoms with Gasteiger partial charge in [-0.15, -0.1) is 0 Å². The number of benzene rings is 2. The fraction of sp³-hybridized carbons (Fsp3) is 0.130. The number of ether oxygens (including phenoxy) is 1. The van der Waals surface area contributed by atoms with Crippen molar-refractivity contribution in [2.75, 3.05) is 6.61 Å². The molecule has 4 aromatic rings. The van der Waals surface area contributed by atoms with Crippen LogP contribution in [0.3, 0.4) is 0 Å². The second kappa shape index (κ2) is 7.67. The summed E-state index contributed by atoms with van der Waals surface area (Å²) in [5, 5.41) is 0.634. The molecule has 0 N–H and O–H groups in total. The third kappa shape index (κ3) is 3.18. The van der Waals surface area contributed by atoms with Crippen molar-refractivity contribution >= 4 is 22.7 Å². The summed E-state index contributed by atoms with van der Waals surface area (Å²) in [6.45, 7) is 3.83. The predicted molar refractivity (Wildman–Crippen MR) is 109 cm³/mol. The van der Waals surface area contributed by atoms with E-state index in [0.717, 1.165) is 0 Å². The van der Waals surface area contributed by atoms with Gasteiger partial charge in [0.1, 0.15) is 0 Å². The fourth-order valence-corrected chi connectivity index (χ4v) is 3.51. The number of esters is 1. The van der Waals surface area contributed by atoms with E-state index in [4.69, 9.17) is 4.74 Å². The van der Waals surface area contributed by atoms with Crippen LogP contribution >= 0.6 is 0 Å². The molecule has 144 valence electrons. The minimum Gasteiger partial charge on any atom is -0.462 e. The van der Waals surface area contributed by atoms with Crippen molar-refractivity contribution in [3.63, 3.8) is 0 Å². The zero-order valence-electron chi connectivity index (χ0n) is 16.1. The number of ketones is 1. The van der Waals surface area contributed by atoms with Gasteiger partial charge >= 0.3 is 5.97 Å². The number of carbonyl (C=O) groups excluding carboxylic acids is 2. The van der Waals surface area contributed by atoms with Gasteiger partial charge in [-0.05, 0) is 26.0 Å². The molecular formula is C23H19N3O3. The van der Waals surface area contributed by atoms with Gasteiger partial charge in [-0.25, -0.2) is 14.8 Å². The Hall–Kier alpha value is -3.80. The van der Waals surface area contributed by atoms with E-state index in [1.807, 2.05) is 24.3 Å². The Morgan fingerprint density at radius 2 is 1.69 bits per heavy atom. The molecule has 29 heavy (non-hydrogen) atoms. The van der Waals surface area contributed by atoms with E-state index < -0.39 is 5.97 Å². The lowest BCUT2D eigenvalue weighted by molar-refractivity contribution is 0.0527. The van der Waals surface area contributed by atoms with Gasteiger partial charge in [0.15, 0.2) is 5.78 Å². The van der Waals surface area contributed by atoms with Crippen molar-refractivity contribution in [2.45, 2.75) is 13.8 Å². The van der Waals surface area contributed by atoms with Crippen molar-refractivity contribution < 1.29 is 14.3 Å². The number of aromatic nitrogens is 3. The highest BCUT2D eigenvalue weighted by atomic mass is 16.5. The summed E-state index contributed by atoms with van der Waals surface area (Å²) >= 11 is 0. The van der Waals surface area contributed by atoms with Gasteiger partial charge in [0.2, 0.25) is 5.95 Å². The van der Waals surface area contributed by atoms with Crippen LogP contribution in [0.4, 0.5) is 0 Å². The molecule has 0 atom stereocenters. The summed E-state index contributed by atoms with van der Waals surface area (Å²) in [5.74, 6) is -0.186. The highest BCUT2D eigenvalue weighted by Crippen LogP contribution is 2.32. The van der Waals surface area contributed by atoms with Gasteiger partial charge in [-0.3, -0.25) is 9.36 Å². The predicted octanol–water partition coefficient (Wildman–Crippen LogP) is 4.14. The van der Waals surface area contributed by atoms with Crippen LogP contribution in [0.5, 0.6) is 0 Å².